The Balaban J connectivity index is 2.48. The third-order valence-corrected chi connectivity index (χ3v) is 1.55. The molecule has 11 heavy (non-hydrogen) atoms. The number of carbonyl (C=O) groups excluding carboxylic acids is 1. The van der Waals surface area contributed by atoms with Crippen LogP contribution in [0.3, 0.4) is 0 Å². The van der Waals surface area contributed by atoms with Crippen molar-refractivity contribution in [1.29, 1.82) is 5.26 Å². The fourth-order valence-corrected chi connectivity index (χ4v) is 1.09. The summed E-state index contributed by atoms with van der Waals surface area (Å²) in [7, 11) is 0. The number of ether oxygens (including phenoxy) is 1. The highest BCUT2D eigenvalue weighted by atomic mass is 16.5. The zero-order valence-electron chi connectivity index (χ0n) is 6.33. The monoisotopic (exact) mass is 151 g/mol. The van der Waals surface area contributed by atoms with Crippen molar-refractivity contribution in [2.45, 2.75) is 25.9 Å². The van der Waals surface area contributed by atoms with Gasteiger partial charge in [-0.2, -0.15) is 5.26 Å². The lowest BCUT2D eigenvalue weighted by Crippen LogP contribution is -2.09. The molecule has 0 unspecified atom stereocenters. The van der Waals surface area contributed by atoms with Crippen molar-refractivity contribution in [3.63, 3.8) is 0 Å². The molecule has 3 heteroatoms. The second kappa shape index (κ2) is 3.20. The maximum atomic E-state index is 10.5. The van der Waals surface area contributed by atoms with E-state index in [2.05, 4.69) is 0 Å². The summed E-state index contributed by atoms with van der Waals surface area (Å²) >= 11 is 0. The van der Waals surface area contributed by atoms with Gasteiger partial charge in [0, 0.05) is 12.5 Å². The smallest absolute Gasteiger partial charge is 0.303 e. The lowest BCUT2D eigenvalue weighted by atomic mass is 10.3. The van der Waals surface area contributed by atoms with Crippen LogP contribution in [0, 0.1) is 11.3 Å². The zero-order valence-corrected chi connectivity index (χ0v) is 6.33. The molecule has 1 aliphatic carbocycles. The number of nitrogens with zero attached hydrogens (tertiary/aromatic N) is 1. The molecule has 0 heterocycles. The first-order valence-electron chi connectivity index (χ1n) is 3.50. The number of carbonyl (C=O) groups is 1. The highest BCUT2D eigenvalue weighted by Gasteiger charge is 2.17. The van der Waals surface area contributed by atoms with Crippen molar-refractivity contribution in [2.75, 3.05) is 0 Å². The molecule has 0 aliphatic heterocycles. The molecule has 0 aromatic rings. The summed E-state index contributed by atoms with van der Waals surface area (Å²) < 4.78 is 4.88. The third-order valence-electron chi connectivity index (χ3n) is 1.55. The predicted molar refractivity (Wildman–Crippen MR) is 38.5 cm³/mol. The number of rotatable bonds is 1. The van der Waals surface area contributed by atoms with Gasteiger partial charge in [-0.1, -0.05) is 0 Å². The Bertz CT molecular complexity index is 237. The largest absolute Gasteiger partial charge is 0.458 e. The molecule has 0 bridgehead atoms. The van der Waals surface area contributed by atoms with Crippen molar-refractivity contribution in [1.82, 2.24) is 0 Å². The Morgan fingerprint density at radius 3 is 3.09 bits per heavy atom. The van der Waals surface area contributed by atoms with E-state index in [1.165, 1.54) is 6.92 Å². The van der Waals surface area contributed by atoms with Crippen molar-refractivity contribution >= 4 is 5.97 Å². The number of allylic oxidation sites excluding steroid dienone is 1. The Morgan fingerprint density at radius 1 is 1.91 bits per heavy atom. The summed E-state index contributed by atoms with van der Waals surface area (Å²) in [5.41, 5.74) is 0.719. The van der Waals surface area contributed by atoms with Gasteiger partial charge < -0.3 is 4.74 Å². The lowest BCUT2D eigenvalue weighted by Gasteiger charge is -2.05. The quantitative estimate of drug-likeness (QED) is 0.528. The van der Waals surface area contributed by atoms with E-state index in [0.29, 0.717) is 0 Å². The lowest BCUT2D eigenvalue weighted by molar-refractivity contribution is -0.144. The molecule has 3 nitrogen and oxygen atoms in total. The van der Waals surface area contributed by atoms with Gasteiger partial charge in [0.05, 0.1) is 6.07 Å². The Hall–Kier alpha value is -1.30. The summed E-state index contributed by atoms with van der Waals surface area (Å²) in [6.45, 7) is 1.37. The van der Waals surface area contributed by atoms with Crippen molar-refractivity contribution < 1.29 is 9.53 Å². The Kier molecular flexibility index (Phi) is 2.27. The Morgan fingerprint density at radius 2 is 2.64 bits per heavy atom. The molecule has 58 valence electrons. The third kappa shape index (κ3) is 2.08. The van der Waals surface area contributed by atoms with Gasteiger partial charge in [-0.05, 0) is 18.9 Å². The van der Waals surface area contributed by atoms with Gasteiger partial charge in [0.2, 0.25) is 0 Å². The van der Waals surface area contributed by atoms with Gasteiger partial charge in [0.15, 0.2) is 0 Å². The minimum Gasteiger partial charge on any atom is -0.458 e. The molecule has 0 N–H and O–H groups in total. The van der Waals surface area contributed by atoms with Crippen LogP contribution < -0.4 is 0 Å². The van der Waals surface area contributed by atoms with Crippen LogP contribution in [0.4, 0.5) is 0 Å². The molecule has 0 aromatic carbocycles. The molecular weight excluding hydrogens is 142 g/mol. The average Bonchev–Trinajstić information content (AvgIpc) is 2.34. The zero-order chi connectivity index (χ0) is 8.27. The van der Waals surface area contributed by atoms with Gasteiger partial charge in [0.1, 0.15) is 6.10 Å². The van der Waals surface area contributed by atoms with Gasteiger partial charge >= 0.3 is 5.97 Å². The molecule has 0 saturated carbocycles. The van der Waals surface area contributed by atoms with E-state index in [0.717, 1.165) is 18.4 Å². The highest BCUT2D eigenvalue weighted by molar-refractivity contribution is 5.66. The first-order chi connectivity index (χ1) is 5.22. The van der Waals surface area contributed by atoms with Gasteiger partial charge in [0.25, 0.3) is 0 Å². The van der Waals surface area contributed by atoms with Gasteiger partial charge in [-0.25, -0.2) is 0 Å². The summed E-state index contributed by atoms with van der Waals surface area (Å²) in [4.78, 5) is 10.5. The maximum absolute atomic E-state index is 10.5. The van der Waals surface area contributed by atoms with Crippen LogP contribution in [0.25, 0.3) is 0 Å². The maximum Gasteiger partial charge on any atom is 0.303 e. The van der Waals surface area contributed by atoms with E-state index in [1.54, 1.807) is 6.08 Å². The van der Waals surface area contributed by atoms with Crippen LogP contribution in [0.15, 0.2) is 11.6 Å². The highest BCUT2D eigenvalue weighted by Crippen LogP contribution is 2.19. The molecule has 1 atom stereocenters. The normalized spacial score (nSPS) is 22.2. The van der Waals surface area contributed by atoms with Crippen LogP contribution in [0.1, 0.15) is 19.8 Å². The molecule has 0 saturated heterocycles. The van der Waals surface area contributed by atoms with Crippen molar-refractivity contribution in [3.8, 4) is 6.07 Å². The topological polar surface area (TPSA) is 50.1 Å². The van der Waals surface area contributed by atoms with Crippen LogP contribution in [-0.2, 0) is 9.53 Å². The van der Waals surface area contributed by atoms with Crippen LogP contribution in [0.5, 0.6) is 0 Å². The summed E-state index contributed by atoms with van der Waals surface area (Å²) in [6.07, 6.45) is 3.03. The minimum absolute atomic E-state index is 0.165. The van der Waals surface area contributed by atoms with E-state index in [1.807, 2.05) is 6.07 Å². The van der Waals surface area contributed by atoms with E-state index in [4.69, 9.17) is 10.00 Å². The van der Waals surface area contributed by atoms with E-state index >= 15 is 0 Å². The molecule has 1 rings (SSSR count). The summed E-state index contributed by atoms with van der Waals surface area (Å²) in [5.74, 6) is -0.287. The van der Waals surface area contributed by atoms with Crippen molar-refractivity contribution in [3.05, 3.63) is 11.6 Å². The van der Waals surface area contributed by atoms with Gasteiger partial charge in [-0.3, -0.25) is 4.79 Å². The van der Waals surface area contributed by atoms with E-state index in [9.17, 15) is 4.79 Å². The fourth-order valence-electron chi connectivity index (χ4n) is 1.09. The van der Waals surface area contributed by atoms with Crippen LogP contribution >= 0.6 is 0 Å². The molecule has 0 radical (unpaired) electrons. The first-order valence-corrected chi connectivity index (χ1v) is 3.50. The molecule has 0 aromatic heterocycles. The summed E-state index contributed by atoms with van der Waals surface area (Å²) in [6, 6.07) is 2.04. The second-order valence-corrected chi connectivity index (χ2v) is 2.49. The fraction of sp³-hybridized carbons (Fsp3) is 0.500. The number of hydrogen-bond acceptors (Lipinski definition) is 3. The predicted octanol–water partition coefficient (Wildman–Crippen LogP) is 1.16. The number of hydrogen-bond donors (Lipinski definition) is 0. The molecule has 0 fully saturated rings. The Labute approximate surface area is 65.3 Å². The average molecular weight is 151 g/mol. The van der Waals surface area contributed by atoms with E-state index in [-0.39, 0.29) is 12.1 Å². The van der Waals surface area contributed by atoms with E-state index < -0.39 is 0 Å². The standard InChI is InChI=1S/C8H9NO2/c1-6(10)11-8-3-2-7(4-8)5-9/h4,8H,2-3H2,1H3/t8-/m0/s1. The molecule has 0 amide bonds. The molecule has 1 aliphatic rings. The van der Waals surface area contributed by atoms with Gasteiger partial charge in [-0.15, -0.1) is 0 Å². The summed E-state index contributed by atoms with van der Waals surface area (Å²) in [5, 5.41) is 8.46. The first kappa shape index (κ1) is 7.80. The number of nitriles is 1. The second-order valence-electron chi connectivity index (χ2n) is 2.49. The minimum atomic E-state index is -0.287. The number of esters is 1. The molecular formula is C8H9NO2. The van der Waals surface area contributed by atoms with Crippen LogP contribution in [-0.4, -0.2) is 12.1 Å². The van der Waals surface area contributed by atoms with Crippen molar-refractivity contribution in [2.24, 2.45) is 0 Å². The SMILES string of the molecule is CC(=O)O[C@@H]1C=C(C#N)CC1. The molecule has 0 spiro atoms. The van der Waals surface area contributed by atoms with Crippen LogP contribution in [0.2, 0.25) is 0 Å².